The van der Waals surface area contributed by atoms with E-state index in [9.17, 15) is 8.78 Å². The van der Waals surface area contributed by atoms with Crippen LogP contribution in [0.2, 0.25) is 0 Å². The van der Waals surface area contributed by atoms with Gasteiger partial charge >= 0.3 is 0 Å². The summed E-state index contributed by atoms with van der Waals surface area (Å²) in [5, 5.41) is 0.828. The first-order chi connectivity index (χ1) is 9.15. The Labute approximate surface area is 112 Å². The lowest BCUT2D eigenvalue weighted by molar-refractivity contribution is 0.352. The normalized spacial score (nSPS) is 15.6. The number of halogens is 2. The summed E-state index contributed by atoms with van der Waals surface area (Å²) in [5.74, 6) is -1.55. The molecule has 0 fully saturated rings. The maximum Gasteiger partial charge on any atom is 0.160 e. The van der Waals surface area contributed by atoms with Crippen LogP contribution in [0.4, 0.5) is 8.78 Å². The van der Waals surface area contributed by atoms with E-state index in [1.165, 1.54) is 12.1 Å². The number of H-pyrrole nitrogens is 1. The molecule has 0 bridgehead atoms. The molecule has 2 aromatic rings. The van der Waals surface area contributed by atoms with Gasteiger partial charge in [0.2, 0.25) is 0 Å². The molecule has 0 saturated carbocycles. The molecule has 1 N–H and O–H groups in total. The average molecular weight is 266 g/mol. The van der Waals surface area contributed by atoms with Crippen molar-refractivity contribution in [2.24, 2.45) is 0 Å². The molecule has 0 radical (unpaired) electrons. The Kier molecular flexibility index (Phi) is 4.20. The second-order valence-corrected chi connectivity index (χ2v) is 4.70. The average Bonchev–Trinajstić information content (AvgIpc) is 2.63. The lowest BCUT2D eigenvalue weighted by atomic mass is 10.1. The quantitative estimate of drug-likeness (QED) is 0.773. The number of fused-ring (bicyclic) bond motifs is 3. The Bertz CT molecular complexity index is 575. The molecule has 0 unspecified atom stereocenters. The molecule has 19 heavy (non-hydrogen) atoms. The first kappa shape index (κ1) is 14.0. The largest absolute Gasteiger partial charge is 0.358 e. The fourth-order valence-corrected chi connectivity index (χ4v) is 2.52. The van der Waals surface area contributed by atoms with E-state index in [0.717, 1.165) is 42.6 Å². The molecule has 1 aliphatic heterocycles. The predicted molar refractivity (Wildman–Crippen MR) is 74.5 cm³/mol. The highest BCUT2D eigenvalue weighted by molar-refractivity contribution is 5.85. The third-order valence-electron chi connectivity index (χ3n) is 3.52. The molecule has 0 saturated heterocycles. The van der Waals surface area contributed by atoms with Gasteiger partial charge in [0.25, 0.3) is 0 Å². The highest BCUT2D eigenvalue weighted by atomic mass is 19.2. The molecule has 1 aromatic heterocycles. The lowest BCUT2D eigenvalue weighted by Crippen LogP contribution is -2.21. The maximum absolute atomic E-state index is 13.3. The molecule has 0 amide bonds. The zero-order chi connectivity index (χ0) is 14.0. The number of nitrogens with zero attached hydrogens (tertiary/aromatic N) is 1. The summed E-state index contributed by atoms with van der Waals surface area (Å²) in [5.41, 5.74) is 2.97. The molecule has 104 valence electrons. The molecule has 1 aliphatic rings. The number of rotatable bonds is 0. The molecule has 4 heteroatoms. The Morgan fingerprint density at radius 2 is 1.68 bits per heavy atom. The van der Waals surface area contributed by atoms with Crippen LogP contribution in [0.1, 0.15) is 25.1 Å². The smallest absolute Gasteiger partial charge is 0.160 e. The van der Waals surface area contributed by atoms with E-state index in [0.29, 0.717) is 5.52 Å². The molecular weight excluding hydrogens is 246 g/mol. The first-order valence-corrected chi connectivity index (χ1v) is 6.82. The van der Waals surface area contributed by atoms with Gasteiger partial charge in [-0.05, 0) is 25.1 Å². The number of likely N-dealkylation sites (N-methyl/N-ethyl adjacent to an activating group) is 1. The van der Waals surface area contributed by atoms with Crippen LogP contribution >= 0.6 is 0 Å². The molecule has 2 nitrogen and oxygen atoms in total. The summed E-state index contributed by atoms with van der Waals surface area (Å²) >= 11 is 0. The summed E-state index contributed by atoms with van der Waals surface area (Å²) in [6, 6.07) is 2.56. The van der Waals surface area contributed by atoms with Crippen LogP contribution in [0, 0.1) is 11.6 Å². The fourth-order valence-electron chi connectivity index (χ4n) is 2.52. The summed E-state index contributed by atoms with van der Waals surface area (Å²) in [4.78, 5) is 5.46. The van der Waals surface area contributed by atoms with E-state index < -0.39 is 11.6 Å². The van der Waals surface area contributed by atoms with E-state index >= 15 is 0 Å². The van der Waals surface area contributed by atoms with Crippen molar-refractivity contribution in [2.45, 2.75) is 26.7 Å². The zero-order valence-electron chi connectivity index (χ0n) is 11.7. The number of hydrogen-bond acceptors (Lipinski definition) is 1. The van der Waals surface area contributed by atoms with Crippen LogP contribution in [-0.4, -0.2) is 30.0 Å². The van der Waals surface area contributed by atoms with Crippen molar-refractivity contribution < 1.29 is 8.78 Å². The number of nitrogens with one attached hydrogen (secondary N) is 1. The van der Waals surface area contributed by atoms with Gasteiger partial charge in [-0.15, -0.1) is 0 Å². The Morgan fingerprint density at radius 1 is 1.05 bits per heavy atom. The predicted octanol–water partition coefficient (Wildman–Crippen LogP) is 3.50. The van der Waals surface area contributed by atoms with Crippen molar-refractivity contribution >= 4 is 10.9 Å². The van der Waals surface area contributed by atoms with Crippen molar-refractivity contribution in [2.75, 3.05) is 20.1 Å². The van der Waals surface area contributed by atoms with Gasteiger partial charge in [-0.2, -0.15) is 0 Å². The van der Waals surface area contributed by atoms with Crippen LogP contribution in [0.3, 0.4) is 0 Å². The van der Waals surface area contributed by atoms with Crippen LogP contribution in [0.25, 0.3) is 10.9 Å². The first-order valence-electron chi connectivity index (χ1n) is 6.82. The van der Waals surface area contributed by atoms with Gasteiger partial charge in [0.15, 0.2) is 11.6 Å². The van der Waals surface area contributed by atoms with Gasteiger partial charge in [0.05, 0.1) is 0 Å². The van der Waals surface area contributed by atoms with Gasteiger partial charge < -0.3 is 9.88 Å². The van der Waals surface area contributed by atoms with Crippen LogP contribution in [0.5, 0.6) is 0 Å². The highest BCUT2D eigenvalue weighted by Gasteiger charge is 2.17. The SMILES string of the molecule is CC.CN1CCc2[nH]c3cc(F)c(F)cc3c2CC1. The fraction of sp³-hybridized carbons (Fsp3) is 0.467. The Balaban J connectivity index is 0.000000637. The van der Waals surface area contributed by atoms with Gasteiger partial charge in [-0.3, -0.25) is 0 Å². The van der Waals surface area contributed by atoms with Crippen LogP contribution < -0.4 is 0 Å². The molecular formula is C15H20F2N2. The molecule has 2 heterocycles. The second kappa shape index (κ2) is 5.70. The number of benzene rings is 1. The second-order valence-electron chi connectivity index (χ2n) is 4.70. The molecule has 0 spiro atoms. The molecule has 0 aliphatic carbocycles. The van der Waals surface area contributed by atoms with E-state index in [1.807, 2.05) is 13.8 Å². The van der Waals surface area contributed by atoms with Crippen molar-refractivity contribution in [3.05, 3.63) is 35.0 Å². The van der Waals surface area contributed by atoms with Gasteiger partial charge in [-0.25, -0.2) is 8.78 Å². The van der Waals surface area contributed by atoms with E-state index in [2.05, 4.69) is 16.9 Å². The number of aromatic amines is 1. The topological polar surface area (TPSA) is 19.0 Å². The maximum atomic E-state index is 13.3. The van der Waals surface area contributed by atoms with Gasteiger partial charge in [-0.1, -0.05) is 13.8 Å². The Morgan fingerprint density at radius 3 is 2.42 bits per heavy atom. The number of hydrogen-bond donors (Lipinski definition) is 1. The van der Waals surface area contributed by atoms with Crippen LogP contribution in [-0.2, 0) is 12.8 Å². The lowest BCUT2D eigenvalue weighted by Gasteiger charge is -2.11. The molecule has 3 rings (SSSR count). The minimum absolute atomic E-state index is 0.707. The summed E-state index contributed by atoms with van der Waals surface area (Å²) in [6.45, 7) is 5.93. The minimum Gasteiger partial charge on any atom is -0.358 e. The summed E-state index contributed by atoms with van der Waals surface area (Å²) in [6.07, 6.45) is 1.79. The summed E-state index contributed by atoms with van der Waals surface area (Å²) in [7, 11) is 2.08. The van der Waals surface area contributed by atoms with Crippen molar-refractivity contribution in [3.63, 3.8) is 0 Å². The number of aromatic nitrogens is 1. The monoisotopic (exact) mass is 266 g/mol. The van der Waals surface area contributed by atoms with E-state index in [4.69, 9.17) is 0 Å². The standard InChI is InChI=1S/C13H14F2N2.C2H6/c1-17-4-2-8-9-6-10(14)11(15)7-13(9)16-12(8)3-5-17;1-2/h6-7,16H,2-5H2,1H3;1-2H3. The Hall–Kier alpha value is -1.42. The van der Waals surface area contributed by atoms with Crippen LogP contribution in [0.15, 0.2) is 12.1 Å². The minimum atomic E-state index is -0.786. The third-order valence-corrected chi connectivity index (χ3v) is 3.52. The van der Waals surface area contributed by atoms with Crippen molar-refractivity contribution in [3.8, 4) is 0 Å². The molecule has 1 aromatic carbocycles. The van der Waals surface area contributed by atoms with Crippen molar-refractivity contribution in [1.82, 2.24) is 9.88 Å². The highest BCUT2D eigenvalue weighted by Crippen LogP contribution is 2.27. The molecule has 0 atom stereocenters. The summed E-state index contributed by atoms with van der Waals surface area (Å²) < 4.78 is 26.4. The third kappa shape index (κ3) is 2.63. The van der Waals surface area contributed by atoms with Gasteiger partial charge in [0.1, 0.15) is 0 Å². The van der Waals surface area contributed by atoms with Crippen molar-refractivity contribution in [1.29, 1.82) is 0 Å². The van der Waals surface area contributed by atoms with E-state index in [1.54, 1.807) is 0 Å². The van der Waals surface area contributed by atoms with Gasteiger partial charge in [0, 0.05) is 42.2 Å². The van der Waals surface area contributed by atoms with E-state index in [-0.39, 0.29) is 0 Å². The zero-order valence-corrected chi connectivity index (χ0v) is 11.7.